The molecule has 5 nitrogen and oxygen atoms in total. The number of nitrogens with one attached hydrogen (secondary N) is 1. The van der Waals surface area contributed by atoms with Crippen molar-refractivity contribution in [2.24, 2.45) is 0 Å². The summed E-state index contributed by atoms with van der Waals surface area (Å²) >= 11 is 0. The summed E-state index contributed by atoms with van der Waals surface area (Å²) in [6.45, 7) is -0.181. The molecule has 1 aliphatic rings. The molecule has 6 heteroatoms. The SMILES string of the molecule is O=[N+]([O-])c1ccc(CO)cc1NC1CCCc2cc(F)ccc21. The van der Waals surface area contributed by atoms with Gasteiger partial charge < -0.3 is 10.4 Å². The highest BCUT2D eigenvalue weighted by atomic mass is 19.1. The van der Waals surface area contributed by atoms with E-state index in [1.807, 2.05) is 0 Å². The largest absolute Gasteiger partial charge is 0.392 e. The lowest BCUT2D eigenvalue weighted by atomic mass is 9.87. The van der Waals surface area contributed by atoms with Crippen LogP contribution in [0.3, 0.4) is 0 Å². The average molecular weight is 316 g/mol. The molecule has 0 aliphatic heterocycles. The fraction of sp³-hybridized carbons (Fsp3) is 0.294. The van der Waals surface area contributed by atoms with Crippen molar-refractivity contribution >= 4 is 11.4 Å². The highest BCUT2D eigenvalue weighted by molar-refractivity contribution is 5.64. The van der Waals surface area contributed by atoms with Crippen molar-refractivity contribution in [3.05, 3.63) is 69.0 Å². The number of hydrogen-bond donors (Lipinski definition) is 2. The minimum absolute atomic E-state index is 0.0311. The van der Waals surface area contributed by atoms with Gasteiger partial charge in [-0.15, -0.1) is 0 Å². The third-order valence-electron chi connectivity index (χ3n) is 4.19. The number of halogens is 1. The van der Waals surface area contributed by atoms with Crippen LogP contribution >= 0.6 is 0 Å². The number of aliphatic hydroxyl groups is 1. The molecule has 0 amide bonds. The molecular weight excluding hydrogens is 299 g/mol. The molecule has 0 saturated heterocycles. The van der Waals surface area contributed by atoms with Gasteiger partial charge in [0.25, 0.3) is 5.69 Å². The Morgan fingerprint density at radius 3 is 2.87 bits per heavy atom. The summed E-state index contributed by atoms with van der Waals surface area (Å²) in [5.74, 6) is -0.266. The third kappa shape index (κ3) is 3.17. The van der Waals surface area contributed by atoms with Gasteiger partial charge in [0, 0.05) is 6.07 Å². The second-order valence-corrected chi connectivity index (χ2v) is 5.70. The van der Waals surface area contributed by atoms with Crippen LogP contribution in [0.1, 0.15) is 35.6 Å². The standard InChI is InChI=1S/C17H17FN2O3/c18-13-5-6-14-12(9-13)2-1-3-15(14)19-16-8-11(10-21)4-7-17(16)20(22)23/h4-9,15,19,21H,1-3,10H2. The highest BCUT2D eigenvalue weighted by Gasteiger charge is 2.23. The summed E-state index contributed by atoms with van der Waals surface area (Å²) in [6.07, 6.45) is 2.52. The molecule has 0 aromatic heterocycles. The van der Waals surface area contributed by atoms with E-state index in [0.717, 1.165) is 30.4 Å². The Morgan fingerprint density at radius 2 is 2.13 bits per heavy atom. The number of anilines is 1. The Hall–Kier alpha value is -2.47. The average Bonchev–Trinajstić information content (AvgIpc) is 2.54. The summed E-state index contributed by atoms with van der Waals surface area (Å²) in [5, 5.41) is 23.7. The van der Waals surface area contributed by atoms with E-state index >= 15 is 0 Å². The molecule has 1 atom stereocenters. The molecule has 0 heterocycles. The first-order valence-corrected chi connectivity index (χ1v) is 7.51. The van der Waals surface area contributed by atoms with E-state index in [-0.39, 0.29) is 24.2 Å². The molecule has 0 saturated carbocycles. The zero-order valence-electron chi connectivity index (χ0n) is 12.5. The van der Waals surface area contributed by atoms with E-state index in [1.54, 1.807) is 12.1 Å². The lowest BCUT2D eigenvalue weighted by Crippen LogP contribution is -2.18. The maximum Gasteiger partial charge on any atom is 0.292 e. The Morgan fingerprint density at radius 1 is 1.30 bits per heavy atom. The van der Waals surface area contributed by atoms with Gasteiger partial charge in [0.05, 0.1) is 17.6 Å². The Bertz CT molecular complexity index is 749. The number of nitro groups is 1. The maximum absolute atomic E-state index is 13.4. The van der Waals surface area contributed by atoms with E-state index in [0.29, 0.717) is 11.3 Å². The predicted molar refractivity (Wildman–Crippen MR) is 84.7 cm³/mol. The van der Waals surface area contributed by atoms with Gasteiger partial charge in [-0.05, 0) is 60.2 Å². The molecule has 0 spiro atoms. The Labute approximate surface area is 132 Å². The predicted octanol–water partition coefficient (Wildman–Crippen LogP) is 3.72. The first kappa shape index (κ1) is 15.4. The normalized spacial score (nSPS) is 16.7. The maximum atomic E-state index is 13.4. The number of rotatable bonds is 4. The van der Waals surface area contributed by atoms with Gasteiger partial charge in [-0.2, -0.15) is 0 Å². The summed E-state index contributed by atoms with van der Waals surface area (Å²) in [5.41, 5.74) is 2.87. The molecule has 0 radical (unpaired) electrons. The molecule has 23 heavy (non-hydrogen) atoms. The van der Waals surface area contributed by atoms with E-state index < -0.39 is 4.92 Å². The van der Waals surface area contributed by atoms with Crippen molar-refractivity contribution in [3.63, 3.8) is 0 Å². The molecule has 0 bridgehead atoms. The van der Waals surface area contributed by atoms with Gasteiger partial charge in [-0.3, -0.25) is 10.1 Å². The highest BCUT2D eigenvalue weighted by Crippen LogP contribution is 2.36. The molecule has 2 N–H and O–H groups in total. The fourth-order valence-corrected chi connectivity index (χ4v) is 3.08. The minimum atomic E-state index is -0.447. The van der Waals surface area contributed by atoms with Crippen LogP contribution in [0.2, 0.25) is 0 Å². The second-order valence-electron chi connectivity index (χ2n) is 5.70. The first-order chi connectivity index (χ1) is 11.1. The van der Waals surface area contributed by atoms with Crippen LogP contribution in [0.15, 0.2) is 36.4 Å². The van der Waals surface area contributed by atoms with Gasteiger partial charge >= 0.3 is 0 Å². The van der Waals surface area contributed by atoms with Crippen LogP contribution in [0.25, 0.3) is 0 Å². The Kier molecular flexibility index (Phi) is 4.25. The molecule has 1 aliphatic carbocycles. The number of aryl methyl sites for hydroxylation is 1. The van der Waals surface area contributed by atoms with Gasteiger partial charge in [0.2, 0.25) is 0 Å². The number of benzene rings is 2. The number of nitrogens with zero attached hydrogens (tertiary/aromatic N) is 1. The minimum Gasteiger partial charge on any atom is -0.392 e. The van der Waals surface area contributed by atoms with Gasteiger partial charge in [-0.25, -0.2) is 4.39 Å². The molecule has 3 rings (SSSR count). The monoisotopic (exact) mass is 316 g/mol. The van der Waals surface area contributed by atoms with Gasteiger partial charge in [-0.1, -0.05) is 6.07 Å². The third-order valence-corrected chi connectivity index (χ3v) is 4.19. The van der Waals surface area contributed by atoms with E-state index in [2.05, 4.69) is 5.32 Å². The lowest BCUT2D eigenvalue weighted by Gasteiger charge is -2.27. The van der Waals surface area contributed by atoms with E-state index in [9.17, 15) is 19.6 Å². The quantitative estimate of drug-likeness (QED) is 0.666. The van der Waals surface area contributed by atoms with Crippen molar-refractivity contribution in [3.8, 4) is 0 Å². The second kappa shape index (κ2) is 6.34. The molecule has 0 fully saturated rings. The smallest absolute Gasteiger partial charge is 0.292 e. The summed E-state index contributed by atoms with van der Waals surface area (Å²) in [7, 11) is 0. The van der Waals surface area contributed by atoms with Crippen molar-refractivity contribution in [2.45, 2.75) is 31.9 Å². The van der Waals surface area contributed by atoms with E-state index in [1.165, 1.54) is 24.3 Å². The fourth-order valence-electron chi connectivity index (χ4n) is 3.08. The van der Waals surface area contributed by atoms with Crippen LogP contribution < -0.4 is 5.32 Å². The van der Waals surface area contributed by atoms with Crippen molar-refractivity contribution in [1.82, 2.24) is 0 Å². The van der Waals surface area contributed by atoms with Crippen LogP contribution in [0.4, 0.5) is 15.8 Å². The van der Waals surface area contributed by atoms with Gasteiger partial charge in [0.15, 0.2) is 0 Å². The van der Waals surface area contributed by atoms with Crippen molar-refractivity contribution in [2.75, 3.05) is 5.32 Å². The van der Waals surface area contributed by atoms with Crippen LogP contribution in [-0.2, 0) is 13.0 Å². The molecule has 120 valence electrons. The summed E-state index contributed by atoms with van der Waals surface area (Å²) in [6, 6.07) is 9.10. The number of fused-ring (bicyclic) bond motifs is 1. The number of nitro benzene ring substituents is 1. The number of hydrogen-bond acceptors (Lipinski definition) is 4. The van der Waals surface area contributed by atoms with Gasteiger partial charge in [0.1, 0.15) is 11.5 Å². The van der Waals surface area contributed by atoms with Crippen molar-refractivity contribution < 1.29 is 14.4 Å². The molecular formula is C17H17FN2O3. The van der Waals surface area contributed by atoms with Crippen LogP contribution in [-0.4, -0.2) is 10.0 Å². The van der Waals surface area contributed by atoms with Crippen LogP contribution in [0.5, 0.6) is 0 Å². The lowest BCUT2D eigenvalue weighted by molar-refractivity contribution is -0.384. The Balaban J connectivity index is 1.95. The molecule has 2 aromatic rings. The topological polar surface area (TPSA) is 75.4 Å². The zero-order valence-corrected chi connectivity index (χ0v) is 12.5. The molecule has 2 aromatic carbocycles. The summed E-state index contributed by atoms with van der Waals surface area (Å²) in [4.78, 5) is 10.8. The van der Waals surface area contributed by atoms with Crippen molar-refractivity contribution in [1.29, 1.82) is 0 Å². The van der Waals surface area contributed by atoms with E-state index in [4.69, 9.17) is 0 Å². The molecule has 1 unspecified atom stereocenters. The first-order valence-electron chi connectivity index (χ1n) is 7.51. The zero-order chi connectivity index (χ0) is 16.4. The van der Waals surface area contributed by atoms with Crippen LogP contribution in [0, 0.1) is 15.9 Å². The number of aliphatic hydroxyl groups excluding tert-OH is 1. The summed E-state index contributed by atoms with van der Waals surface area (Å²) < 4.78 is 13.4.